The van der Waals surface area contributed by atoms with E-state index in [0.29, 0.717) is 0 Å². The van der Waals surface area contributed by atoms with Crippen molar-refractivity contribution >= 4 is 22.5 Å². The van der Waals surface area contributed by atoms with Crippen LogP contribution in [-0.2, 0) is 0 Å². The number of fused-ring (bicyclic) bond motifs is 2. The lowest BCUT2D eigenvalue weighted by molar-refractivity contribution is 0.0618. The molecule has 1 unspecified atom stereocenters. The zero-order valence-electron chi connectivity index (χ0n) is 13.2. The maximum atomic E-state index is 13.0. The molecular formula is C19H19N3O. The maximum Gasteiger partial charge on any atom is 0.258 e. The molecule has 2 N–H and O–H groups in total. The van der Waals surface area contributed by atoms with Crippen LogP contribution in [0.2, 0.25) is 0 Å². The zero-order chi connectivity index (χ0) is 16.0. The molecule has 4 heteroatoms. The molecule has 3 aromatic rings. The summed E-state index contributed by atoms with van der Waals surface area (Å²) in [5.74, 6) is 0.0737. The number of aromatic amines is 1. The molecule has 0 saturated carbocycles. The Hall–Kier alpha value is -2.75. The number of nitrogens with one attached hydrogen (secondary N) is 2. The molecule has 1 amide bonds. The quantitative estimate of drug-likeness (QED) is 0.747. The molecule has 2 heterocycles. The van der Waals surface area contributed by atoms with E-state index in [1.165, 1.54) is 0 Å². The summed E-state index contributed by atoms with van der Waals surface area (Å²) in [6, 6.07) is 16.0. The van der Waals surface area contributed by atoms with Crippen molar-refractivity contribution in [3.8, 4) is 0 Å². The molecule has 116 valence electrons. The average molecular weight is 305 g/mol. The highest BCUT2D eigenvalue weighted by atomic mass is 16.2. The normalized spacial score (nSPS) is 17.4. The van der Waals surface area contributed by atoms with Gasteiger partial charge in [0.15, 0.2) is 0 Å². The first kappa shape index (κ1) is 13.9. The van der Waals surface area contributed by atoms with Crippen LogP contribution < -0.4 is 5.32 Å². The number of carbonyl (C=O) groups excluding carboxylic acids is 1. The molecule has 1 aromatic heterocycles. The number of rotatable bonds is 2. The molecule has 2 aromatic carbocycles. The fraction of sp³-hybridized carbons (Fsp3) is 0.211. The number of hydrogen-bond acceptors (Lipinski definition) is 2. The molecule has 4 rings (SSSR count). The van der Waals surface area contributed by atoms with Crippen LogP contribution in [0.5, 0.6) is 0 Å². The number of nitrogens with zero attached hydrogens (tertiary/aromatic N) is 1. The molecule has 4 nitrogen and oxygen atoms in total. The lowest BCUT2D eigenvalue weighted by atomic mass is 10.0. The second kappa shape index (κ2) is 5.16. The first-order valence-electron chi connectivity index (χ1n) is 7.91. The maximum absolute atomic E-state index is 13.0. The standard InChI is InChI=1S/C19H19N3O/c1-12(2)22-18(15-11-20-16-9-5-3-7-13(15)16)21-17-10-6-4-8-14(17)19(22)23/h3-12,18,20-21H,1-2H3. The summed E-state index contributed by atoms with van der Waals surface area (Å²) < 4.78 is 0. The van der Waals surface area contributed by atoms with Gasteiger partial charge in [0, 0.05) is 34.4 Å². The van der Waals surface area contributed by atoms with Crippen molar-refractivity contribution in [2.24, 2.45) is 0 Å². The van der Waals surface area contributed by atoms with Crippen LogP contribution in [0.15, 0.2) is 54.7 Å². The Morgan fingerprint density at radius 3 is 2.61 bits per heavy atom. The third-order valence-corrected chi connectivity index (χ3v) is 4.43. The molecule has 1 aliphatic heterocycles. The number of anilines is 1. The van der Waals surface area contributed by atoms with Crippen molar-refractivity contribution in [3.05, 3.63) is 65.9 Å². The summed E-state index contributed by atoms with van der Waals surface area (Å²) in [6.45, 7) is 4.10. The number of H-pyrrole nitrogens is 1. The molecular weight excluding hydrogens is 286 g/mol. The fourth-order valence-electron chi connectivity index (χ4n) is 3.35. The predicted octanol–water partition coefficient (Wildman–Crippen LogP) is 4.14. The first-order chi connectivity index (χ1) is 11.2. The van der Waals surface area contributed by atoms with Gasteiger partial charge in [-0.3, -0.25) is 4.79 Å². The number of para-hydroxylation sites is 2. The lowest BCUT2D eigenvalue weighted by Crippen LogP contribution is -2.46. The molecule has 0 saturated heterocycles. The Balaban J connectivity index is 1.88. The minimum absolute atomic E-state index is 0.0737. The molecule has 1 aliphatic rings. The fourth-order valence-corrected chi connectivity index (χ4v) is 3.35. The van der Waals surface area contributed by atoms with Crippen molar-refractivity contribution in [2.45, 2.75) is 26.1 Å². The minimum Gasteiger partial charge on any atom is -0.361 e. The van der Waals surface area contributed by atoms with E-state index in [2.05, 4.69) is 36.3 Å². The number of carbonyl (C=O) groups is 1. The number of benzene rings is 2. The van der Waals surface area contributed by atoms with E-state index in [0.717, 1.165) is 27.7 Å². The first-order valence-corrected chi connectivity index (χ1v) is 7.91. The van der Waals surface area contributed by atoms with E-state index in [9.17, 15) is 4.79 Å². The van der Waals surface area contributed by atoms with Gasteiger partial charge in [0.05, 0.1) is 5.56 Å². The van der Waals surface area contributed by atoms with Gasteiger partial charge in [-0.1, -0.05) is 30.3 Å². The summed E-state index contributed by atoms with van der Waals surface area (Å²) in [7, 11) is 0. The number of hydrogen-bond donors (Lipinski definition) is 2. The van der Waals surface area contributed by atoms with E-state index < -0.39 is 0 Å². The van der Waals surface area contributed by atoms with Gasteiger partial charge in [0.2, 0.25) is 0 Å². The molecule has 0 spiro atoms. The van der Waals surface area contributed by atoms with Gasteiger partial charge in [-0.15, -0.1) is 0 Å². The highest BCUT2D eigenvalue weighted by molar-refractivity contribution is 6.02. The Kier molecular flexibility index (Phi) is 3.11. The zero-order valence-corrected chi connectivity index (χ0v) is 13.2. The Bertz CT molecular complexity index is 881. The highest BCUT2D eigenvalue weighted by Gasteiger charge is 2.35. The van der Waals surface area contributed by atoms with E-state index in [4.69, 9.17) is 0 Å². The summed E-state index contributed by atoms with van der Waals surface area (Å²) in [5, 5.41) is 4.68. The van der Waals surface area contributed by atoms with Crippen LogP contribution in [0.1, 0.15) is 35.9 Å². The largest absolute Gasteiger partial charge is 0.361 e. The SMILES string of the molecule is CC(C)N1C(=O)c2ccccc2NC1c1c[nH]c2ccccc12. The molecule has 0 aliphatic carbocycles. The van der Waals surface area contributed by atoms with Crippen LogP contribution in [0.4, 0.5) is 5.69 Å². The third-order valence-electron chi connectivity index (χ3n) is 4.43. The number of amides is 1. The van der Waals surface area contributed by atoms with Crippen LogP contribution >= 0.6 is 0 Å². The van der Waals surface area contributed by atoms with Gasteiger partial charge in [0.25, 0.3) is 5.91 Å². The lowest BCUT2D eigenvalue weighted by Gasteiger charge is -2.40. The summed E-state index contributed by atoms with van der Waals surface area (Å²) in [4.78, 5) is 18.2. The second-order valence-corrected chi connectivity index (χ2v) is 6.19. The van der Waals surface area contributed by atoms with Crippen molar-refractivity contribution in [2.75, 3.05) is 5.32 Å². The van der Waals surface area contributed by atoms with Gasteiger partial charge in [0.1, 0.15) is 6.17 Å². The molecule has 0 bridgehead atoms. The van der Waals surface area contributed by atoms with Crippen LogP contribution in [-0.4, -0.2) is 21.8 Å². The monoisotopic (exact) mass is 305 g/mol. The van der Waals surface area contributed by atoms with Gasteiger partial charge >= 0.3 is 0 Å². The Morgan fingerprint density at radius 1 is 1.04 bits per heavy atom. The van der Waals surface area contributed by atoms with Crippen molar-refractivity contribution in [3.63, 3.8) is 0 Å². The summed E-state index contributed by atoms with van der Waals surface area (Å²) in [5.41, 5.74) is 3.80. The summed E-state index contributed by atoms with van der Waals surface area (Å²) in [6.07, 6.45) is 1.83. The smallest absolute Gasteiger partial charge is 0.258 e. The minimum atomic E-state index is -0.173. The van der Waals surface area contributed by atoms with Gasteiger partial charge < -0.3 is 15.2 Å². The Morgan fingerprint density at radius 2 is 1.78 bits per heavy atom. The third kappa shape index (κ3) is 2.10. The van der Waals surface area contributed by atoms with E-state index in [1.807, 2.05) is 47.5 Å². The van der Waals surface area contributed by atoms with Crippen LogP contribution in [0, 0.1) is 0 Å². The van der Waals surface area contributed by atoms with E-state index in [-0.39, 0.29) is 18.1 Å². The molecule has 23 heavy (non-hydrogen) atoms. The van der Waals surface area contributed by atoms with E-state index >= 15 is 0 Å². The topological polar surface area (TPSA) is 48.1 Å². The van der Waals surface area contributed by atoms with Crippen LogP contribution in [0.3, 0.4) is 0 Å². The van der Waals surface area contributed by atoms with Gasteiger partial charge in [-0.05, 0) is 32.0 Å². The average Bonchev–Trinajstić information content (AvgIpc) is 2.98. The highest BCUT2D eigenvalue weighted by Crippen LogP contribution is 2.36. The van der Waals surface area contributed by atoms with E-state index in [1.54, 1.807) is 0 Å². The molecule has 0 fully saturated rings. The second-order valence-electron chi connectivity index (χ2n) is 6.19. The summed E-state index contributed by atoms with van der Waals surface area (Å²) >= 11 is 0. The van der Waals surface area contributed by atoms with Crippen molar-refractivity contribution < 1.29 is 4.79 Å². The van der Waals surface area contributed by atoms with Crippen molar-refractivity contribution in [1.82, 2.24) is 9.88 Å². The Labute approximate surface area is 135 Å². The predicted molar refractivity (Wildman–Crippen MR) is 92.4 cm³/mol. The number of aromatic nitrogens is 1. The molecule has 0 radical (unpaired) electrons. The molecule has 1 atom stereocenters. The van der Waals surface area contributed by atoms with Crippen molar-refractivity contribution in [1.29, 1.82) is 0 Å². The van der Waals surface area contributed by atoms with Crippen LogP contribution in [0.25, 0.3) is 10.9 Å². The van der Waals surface area contributed by atoms with Gasteiger partial charge in [-0.25, -0.2) is 0 Å². The van der Waals surface area contributed by atoms with Gasteiger partial charge in [-0.2, -0.15) is 0 Å².